The summed E-state index contributed by atoms with van der Waals surface area (Å²) in [7, 11) is 0. The van der Waals surface area contributed by atoms with Crippen LogP contribution in [0.2, 0.25) is 0 Å². The molecule has 0 spiro atoms. The number of furan rings is 1. The minimum atomic E-state index is -0.859. The van der Waals surface area contributed by atoms with Crippen LogP contribution in [0.25, 0.3) is 0 Å². The molecular weight excluding hydrogens is 482 g/mol. The molecule has 0 bridgehead atoms. The number of hydrogen-bond acceptors (Lipinski definition) is 6. The molecule has 0 radical (unpaired) electrons. The second kappa shape index (κ2) is 11.1. The van der Waals surface area contributed by atoms with E-state index in [-0.39, 0.29) is 17.9 Å². The predicted octanol–water partition coefficient (Wildman–Crippen LogP) is 6.04. The van der Waals surface area contributed by atoms with Gasteiger partial charge in [0.15, 0.2) is 23.0 Å². The molecule has 4 aromatic rings. The van der Waals surface area contributed by atoms with E-state index in [0.29, 0.717) is 30.3 Å². The first-order valence-corrected chi connectivity index (χ1v) is 12.4. The number of aliphatic hydroxyl groups is 1. The number of nitrogens with zero attached hydrogens (tertiary/aromatic N) is 1. The number of benzene rings is 3. The quantitative estimate of drug-likeness (QED) is 0.262. The van der Waals surface area contributed by atoms with Crippen LogP contribution >= 0.6 is 0 Å². The van der Waals surface area contributed by atoms with Crippen molar-refractivity contribution in [2.24, 2.45) is 0 Å². The number of carbonyl (C=O) groups excluding carboxylic acids is 2. The van der Waals surface area contributed by atoms with Gasteiger partial charge in [-0.05, 0) is 47.9 Å². The Morgan fingerprint density at radius 2 is 1.61 bits per heavy atom. The number of Topliss-reactive ketones (excluding diaryl/α,β-unsaturated/α-hetero) is 1. The van der Waals surface area contributed by atoms with Gasteiger partial charge in [-0.3, -0.25) is 9.59 Å². The van der Waals surface area contributed by atoms with Crippen LogP contribution in [-0.4, -0.2) is 28.3 Å². The number of amides is 1. The van der Waals surface area contributed by atoms with E-state index in [1.807, 2.05) is 67.6 Å². The summed E-state index contributed by atoms with van der Waals surface area (Å²) < 4.78 is 17.2. The van der Waals surface area contributed by atoms with E-state index in [0.717, 1.165) is 11.1 Å². The van der Waals surface area contributed by atoms with Gasteiger partial charge in [0.25, 0.3) is 5.91 Å². The summed E-state index contributed by atoms with van der Waals surface area (Å²) in [6.45, 7) is 2.80. The van der Waals surface area contributed by atoms with Crippen LogP contribution in [0, 0.1) is 0 Å². The Kier molecular flexibility index (Phi) is 7.26. The van der Waals surface area contributed by atoms with Crippen LogP contribution in [0.5, 0.6) is 11.5 Å². The molecule has 192 valence electrons. The van der Waals surface area contributed by atoms with E-state index in [9.17, 15) is 14.7 Å². The van der Waals surface area contributed by atoms with Gasteiger partial charge < -0.3 is 23.9 Å². The summed E-state index contributed by atoms with van der Waals surface area (Å²) in [6.07, 6.45) is 1.38. The minimum absolute atomic E-state index is 0.0405. The Labute approximate surface area is 220 Å². The Morgan fingerprint density at radius 3 is 2.26 bits per heavy atom. The molecule has 7 nitrogen and oxygen atoms in total. The molecule has 1 N–H and O–H groups in total. The highest BCUT2D eigenvalue weighted by molar-refractivity contribution is 6.15. The third-order valence-corrected chi connectivity index (χ3v) is 6.31. The largest absolute Gasteiger partial charge is 0.503 e. The van der Waals surface area contributed by atoms with Crippen molar-refractivity contribution in [3.63, 3.8) is 0 Å². The lowest BCUT2D eigenvalue weighted by atomic mass is 9.94. The van der Waals surface area contributed by atoms with E-state index in [4.69, 9.17) is 13.9 Å². The van der Waals surface area contributed by atoms with Gasteiger partial charge in [-0.2, -0.15) is 0 Å². The van der Waals surface area contributed by atoms with Crippen molar-refractivity contribution in [1.29, 1.82) is 0 Å². The van der Waals surface area contributed by atoms with Crippen molar-refractivity contribution < 1.29 is 28.6 Å². The fraction of sp³-hybridized carbons (Fsp3) is 0.161. The lowest BCUT2D eigenvalue weighted by Crippen LogP contribution is -2.30. The van der Waals surface area contributed by atoms with E-state index < -0.39 is 23.5 Å². The van der Waals surface area contributed by atoms with E-state index in [1.165, 1.54) is 17.2 Å². The van der Waals surface area contributed by atoms with Gasteiger partial charge in [-0.25, -0.2) is 0 Å². The topological polar surface area (TPSA) is 89.2 Å². The number of rotatable bonds is 10. The summed E-state index contributed by atoms with van der Waals surface area (Å²) in [5.41, 5.74) is 2.43. The molecule has 2 heterocycles. The van der Waals surface area contributed by atoms with Crippen LogP contribution in [0.15, 0.2) is 113 Å². The minimum Gasteiger partial charge on any atom is -0.503 e. The zero-order valence-corrected chi connectivity index (χ0v) is 20.9. The Balaban J connectivity index is 1.53. The van der Waals surface area contributed by atoms with Crippen LogP contribution in [0.4, 0.5) is 0 Å². The van der Waals surface area contributed by atoms with Gasteiger partial charge >= 0.3 is 0 Å². The number of carbonyl (C=O) groups is 2. The van der Waals surface area contributed by atoms with Gasteiger partial charge in [-0.15, -0.1) is 0 Å². The molecule has 38 heavy (non-hydrogen) atoms. The molecule has 1 aliphatic rings. The van der Waals surface area contributed by atoms with Crippen molar-refractivity contribution in [3.8, 4) is 11.5 Å². The predicted molar refractivity (Wildman–Crippen MR) is 141 cm³/mol. The Morgan fingerprint density at radius 1 is 0.895 bits per heavy atom. The number of aliphatic hydroxyl groups excluding tert-OH is 1. The highest BCUT2D eigenvalue weighted by Crippen LogP contribution is 2.42. The number of hydrogen-bond donors (Lipinski definition) is 1. The summed E-state index contributed by atoms with van der Waals surface area (Å²) in [4.78, 5) is 28.2. The van der Waals surface area contributed by atoms with Crippen molar-refractivity contribution in [2.75, 3.05) is 6.61 Å². The lowest BCUT2D eigenvalue weighted by molar-refractivity contribution is -0.130. The normalized spacial score (nSPS) is 15.1. The van der Waals surface area contributed by atoms with Crippen LogP contribution in [-0.2, 0) is 17.9 Å². The first-order chi connectivity index (χ1) is 18.6. The lowest BCUT2D eigenvalue weighted by Gasteiger charge is -2.27. The summed E-state index contributed by atoms with van der Waals surface area (Å²) in [5, 5.41) is 10.9. The smallest absolute Gasteiger partial charge is 0.290 e. The van der Waals surface area contributed by atoms with Crippen LogP contribution in [0.1, 0.15) is 40.2 Å². The zero-order chi connectivity index (χ0) is 26.5. The summed E-state index contributed by atoms with van der Waals surface area (Å²) in [6, 6.07) is 26.7. The maximum Gasteiger partial charge on any atom is 0.290 e. The highest BCUT2D eigenvalue weighted by atomic mass is 16.5. The second-order valence-electron chi connectivity index (χ2n) is 8.80. The zero-order valence-electron chi connectivity index (χ0n) is 20.9. The van der Waals surface area contributed by atoms with Gasteiger partial charge in [-0.1, -0.05) is 66.7 Å². The van der Waals surface area contributed by atoms with Crippen LogP contribution in [0.3, 0.4) is 0 Å². The van der Waals surface area contributed by atoms with Gasteiger partial charge in [0.2, 0.25) is 5.78 Å². The molecule has 1 aromatic heterocycles. The summed E-state index contributed by atoms with van der Waals surface area (Å²) in [5.74, 6) is -0.719. The molecule has 0 saturated carbocycles. The summed E-state index contributed by atoms with van der Waals surface area (Å²) >= 11 is 0. The number of ether oxygens (including phenoxy) is 2. The fourth-order valence-electron chi connectivity index (χ4n) is 4.53. The van der Waals surface area contributed by atoms with Crippen molar-refractivity contribution in [2.45, 2.75) is 26.1 Å². The molecule has 5 rings (SSSR count). The van der Waals surface area contributed by atoms with Crippen molar-refractivity contribution >= 4 is 11.7 Å². The fourth-order valence-corrected chi connectivity index (χ4v) is 4.53. The van der Waals surface area contributed by atoms with Gasteiger partial charge in [0.1, 0.15) is 6.61 Å². The van der Waals surface area contributed by atoms with Gasteiger partial charge in [0.05, 0.1) is 24.5 Å². The maximum atomic E-state index is 13.4. The van der Waals surface area contributed by atoms with Gasteiger partial charge in [0, 0.05) is 6.54 Å². The molecule has 0 aliphatic carbocycles. The molecular formula is C31H27NO6. The number of ketones is 1. The third kappa shape index (κ3) is 5.04. The molecule has 7 heteroatoms. The molecule has 1 amide bonds. The molecule has 1 aliphatic heterocycles. The first-order valence-electron chi connectivity index (χ1n) is 12.4. The van der Waals surface area contributed by atoms with Crippen LogP contribution < -0.4 is 9.47 Å². The van der Waals surface area contributed by atoms with Crippen molar-refractivity contribution in [3.05, 3.63) is 131 Å². The van der Waals surface area contributed by atoms with Crippen molar-refractivity contribution in [1.82, 2.24) is 4.90 Å². The first kappa shape index (κ1) is 24.9. The molecule has 1 atom stereocenters. The average molecular weight is 510 g/mol. The molecule has 0 fully saturated rings. The second-order valence-corrected chi connectivity index (χ2v) is 8.80. The Bertz CT molecular complexity index is 1440. The average Bonchev–Trinajstić information content (AvgIpc) is 3.57. The molecule has 3 aromatic carbocycles. The Hall–Kier alpha value is -4.78. The molecule has 1 unspecified atom stereocenters. The van der Waals surface area contributed by atoms with E-state index in [2.05, 4.69) is 0 Å². The SMILES string of the molecule is CCOc1cc(C2C(C(=O)c3ccco3)=C(O)C(=O)N2Cc2ccccc2)ccc1OCc1ccccc1. The molecule has 0 saturated heterocycles. The standard InChI is InChI=1S/C31H27NO6/c1-2-36-26-18-23(15-16-24(26)38-20-22-12-7-4-8-13-22)28-27(29(33)25-14-9-17-37-25)30(34)31(35)32(28)19-21-10-5-3-6-11-21/h3-18,28,34H,2,19-20H2,1H3. The van der Waals surface area contributed by atoms with E-state index >= 15 is 0 Å². The monoisotopic (exact) mass is 509 g/mol. The maximum absolute atomic E-state index is 13.4. The van der Waals surface area contributed by atoms with E-state index in [1.54, 1.807) is 24.3 Å². The highest BCUT2D eigenvalue weighted by Gasteiger charge is 2.44. The third-order valence-electron chi connectivity index (χ3n) is 6.31.